The normalized spacial score (nSPS) is 17.8. The van der Waals surface area contributed by atoms with Gasteiger partial charge in [0, 0.05) is 31.3 Å². The molecular weight excluding hydrogens is 264 g/mol. The Morgan fingerprint density at radius 1 is 1.43 bits per heavy atom. The summed E-state index contributed by atoms with van der Waals surface area (Å²) in [5.41, 5.74) is 3.15. The van der Waals surface area contributed by atoms with Crippen LogP contribution in [0.3, 0.4) is 0 Å². The fraction of sp³-hybridized carbons (Fsp3) is 0.588. The molecule has 1 heterocycles. The molecule has 2 amide bonds. The molecule has 0 spiro atoms. The first-order valence-electron chi connectivity index (χ1n) is 7.81. The molecule has 0 aliphatic carbocycles. The van der Waals surface area contributed by atoms with E-state index in [-0.39, 0.29) is 6.03 Å². The van der Waals surface area contributed by atoms with E-state index in [1.165, 1.54) is 0 Å². The van der Waals surface area contributed by atoms with Gasteiger partial charge >= 0.3 is 6.03 Å². The smallest absolute Gasteiger partial charge is 0.321 e. The molecule has 1 atom stereocenters. The van der Waals surface area contributed by atoms with Gasteiger partial charge in [0.15, 0.2) is 0 Å². The van der Waals surface area contributed by atoms with Crippen molar-refractivity contribution in [3.63, 3.8) is 0 Å². The van der Waals surface area contributed by atoms with Crippen molar-refractivity contribution in [2.75, 3.05) is 31.6 Å². The van der Waals surface area contributed by atoms with Crippen LogP contribution < -0.4 is 5.32 Å². The number of amides is 2. The third-order valence-electron chi connectivity index (χ3n) is 3.92. The first-order chi connectivity index (χ1) is 10.1. The Labute approximate surface area is 127 Å². The summed E-state index contributed by atoms with van der Waals surface area (Å²) in [6.07, 6.45) is 2.02. The Bertz CT molecular complexity index is 482. The number of aryl methyl sites for hydroxylation is 2. The van der Waals surface area contributed by atoms with E-state index in [2.05, 4.69) is 18.3 Å². The van der Waals surface area contributed by atoms with Crippen molar-refractivity contribution < 1.29 is 9.53 Å². The summed E-state index contributed by atoms with van der Waals surface area (Å²) in [5, 5.41) is 3.06. The summed E-state index contributed by atoms with van der Waals surface area (Å²) in [5.74, 6) is 0.473. The van der Waals surface area contributed by atoms with Gasteiger partial charge in [-0.15, -0.1) is 0 Å². The van der Waals surface area contributed by atoms with E-state index >= 15 is 0 Å². The van der Waals surface area contributed by atoms with Gasteiger partial charge in [-0.1, -0.05) is 19.1 Å². The first-order valence-corrected chi connectivity index (χ1v) is 7.81. The summed E-state index contributed by atoms with van der Waals surface area (Å²) >= 11 is 0. The van der Waals surface area contributed by atoms with Gasteiger partial charge in [0.25, 0.3) is 0 Å². The minimum atomic E-state index is -0.00236. The van der Waals surface area contributed by atoms with Crippen LogP contribution in [0.1, 0.15) is 30.9 Å². The summed E-state index contributed by atoms with van der Waals surface area (Å²) in [4.78, 5) is 14.4. The maximum Gasteiger partial charge on any atom is 0.321 e. The number of benzene rings is 1. The number of rotatable bonds is 5. The molecule has 1 aliphatic rings. The van der Waals surface area contributed by atoms with Crippen LogP contribution in [-0.2, 0) is 4.74 Å². The Hall–Kier alpha value is -1.55. The van der Waals surface area contributed by atoms with Gasteiger partial charge in [-0.25, -0.2) is 4.79 Å². The van der Waals surface area contributed by atoms with Gasteiger partial charge in [0.1, 0.15) is 0 Å². The molecule has 4 nitrogen and oxygen atoms in total. The second kappa shape index (κ2) is 7.46. The predicted octanol–water partition coefficient (Wildman–Crippen LogP) is 3.58. The van der Waals surface area contributed by atoms with Gasteiger partial charge in [0.2, 0.25) is 0 Å². The van der Waals surface area contributed by atoms with Crippen LogP contribution in [0.5, 0.6) is 0 Å². The number of urea groups is 1. The van der Waals surface area contributed by atoms with Crippen LogP contribution >= 0.6 is 0 Å². The van der Waals surface area contributed by atoms with Crippen LogP contribution in [-0.4, -0.2) is 37.2 Å². The highest BCUT2D eigenvalue weighted by molar-refractivity contribution is 5.90. The Balaban J connectivity index is 2.01. The van der Waals surface area contributed by atoms with Crippen molar-refractivity contribution in [2.24, 2.45) is 5.92 Å². The van der Waals surface area contributed by atoms with Crippen molar-refractivity contribution in [2.45, 2.75) is 33.6 Å². The van der Waals surface area contributed by atoms with Gasteiger partial charge in [-0.05, 0) is 43.9 Å². The van der Waals surface area contributed by atoms with Crippen molar-refractivity contribution in [3.8, 4) is 0 Å². The minimum Gasteiger partial charge on any atom is -0.381 e. The van der Waals surface area contributed by atoms with Crippen molar-refractivity contribution in [1.82, 2.24) is 4.90 Å². The van der Waals surface area contributed by atoms with E-state index < -0.39 is 0 Å². The molecule has 1 fully saturated rings. The molecule has 116 valence electrons. The molecule has 1 aromatic rings. The maximum absolute atomic E-state index is 12.5. The highest BCUT2D eigenvalue weighted by Crippen LogP contribution is 2.19. The van der Waals surface area contributed by atoms with Gasteiger partial charge in [-0.2, -0.15) is 0 Å². The molecule has 21 heavy (non-hydrogen) atoms. The van der Waals surface area contributed by atoms with E-state index in [0.717, 1.165) is 56.0 Å². The van der Waals surface area contributed by atoms with Crippen LogP contribution in [0.4, 0.5) is 10.5 Å². The summed E-state index contributed by atoms with van der Waals surface area (Å²) in [7, 11) is 0. The molecule has 0 aromatic heterocycles. The third kappa shape index (κ3) is 4.46. The number of hydrogen-bond acceptors (Lipinski definition) is 2. The lowest BCUT2D eigenvalue weighted by Gasteiger charge is -2.25. The number of nitrogens with one attached hydrogen (secondary N) is 1. The summed E-state index contributed by atoms with van der Waals surface area (Å²) in [6, 6.07) is 6.12. The Morgan fingerprint density at radius 2 is 2.24 bits per heavy atom. The Morgan fingerprint density at radius 3 is 2.90 bits per heavy atom. The third-order valence-corrected chi connectivity index (χ3v) is 3.92. The summed E-state index contributed by atoms with van der Waals surface area (Å²) in [6.45, 7) is 9.32. The predicted molar refractivity (Wildman–Crippen MR) is 85.7 cm³/mol. The van der Waals surface area contributed by atoms with E-state index in [9.17, 15) is 4.79 Å². The average Bonchev–Trinajstić information content (AvgIpc) is 2.95. The molecule has 0 bridgehead atoms. The quantitative estimate of drug-likeness (QED) is 0.900. The molecule has 0 radical (unpaired) electrons. The molecule has 1 unspecified atom stereocenters. The molecule has 1 aliphatic heterocycles. The lowest BCUT2D eigenvalue weighted by atomic mass is 10.1. The van der Waals surface area contributed by atoms with Crippen LogP contribution in [0, 0.1) is 19.8 Å². The van der Waals surface area contributed by atoms with Crippen molar-refractivity contribution >= 4 is 11.7 Å². The molecule has 4 heteroatoms. The highest BCUT2D eigenvalue weighted by atomic mass is 16.5. The molecule has 0 saturated carbocycles. The molecule has 1 N–H and O–H groups in total. The minimum absolute atomic E-state index is 0.00236. The van der Waals surface area contributed by atoms with Gasteiger partial charge in [-0.3, -0.25) is 0 Å². The highest BCUT2D eigenvalue weighted by Gasteiger charge is 2.22. The lowest BCUT2D eigenvalue weighted by molar-refractivity contribution is 0.169. The number of hydrogen-bond donors (Lipinski definition) is 1. The van der Waals surface area contributed by atoms with Crippen LogP contribution in [0.15, 0.2) is 18.2 Å². The number of carbonyl (C=O) groups is 1. The second-order valence-electron chi connectivity index (χ2n) is 5.92. The zero-order valence-corrected chi connectivity index (χ0v) is 13.3. The fourth-order valence-electron chi connectivity index (χ4n) is 2.65. The maximum atomic E-state index is 12.5. The van der Waals surface area contributed by atoms with Crippen LogP contribution in [0.25, 0.3) is 0 Å². The number of carbonyl (C=O) groups excluding carboxylic acids is 1. The van der Waals surface area contributed by atoms with Gasteiger partial charge < -0.3 is 15.0 Å². The zero-order chi connectivity index (χ0) is 15.2. The van der Waals surface area contributed by atoms with Crippen molar-refractivity contribution in [1.29, 1.82) is 0 Å². The molecule has 1 saturated heterocycles. The van der Waals surface area contributed by atoms with E-state index in [1.807, 2.05) is 30.9 Å². The molecule has 1 aromatic carbocycles. The van der Waals surface area contributed by atoms with Crippen molar-refractivity contribution in [3.05, 3.63) is 29.3 Å². The lowest BCUT2D eigenvalue weighted by Crippen LogP contribution is -2.39. The number of nitrogens with zero attached hydrogens (tertiary/aromatic N) is 1. The van der Waals surface area contributed by atoms with Gasteiger partial charge in [0.05, 0.1) is 6.61 Å². The van der Waals surface area contributed by atoms with E-state index in [1.54, 1.807) is 0 Å². The largest absolute Gasteiger partial charge is 0.381 e. The summed E-state index contributed by atoms with van der Waals surface area (Å²) < 4.78 is 5.41. The number of anilines is 1. The SMILES string of the molecule is CCCN(CC1CCOC1)C(=O)Nc1cc(C)ccc1C. The fourth-order valence-corrected chi connectivity index (χ4v) is 2.65. The zero-order valence-electron chi connectivity index (χ0n) is 13.3. The number of ether oxygens (including phenoxy) is 1. The molecular formula is C17H26N2O2. The second-order valence-corrected chi connectivity index (χ2v) is 5.92. The average molecular weight is 290 g/mol. The topological polar surface area (TPSA) is 41.6 Å². The monoisotopic (exact) mass is 290 g/mol. The van der Waals surface area contributed by atoms with Crippen LogP contribution in [0.2, 0.25) is 0 Å². The van der Waals surface area contributed by atoms with E-state index in [0.29, 0.717) is 5.92 Å². The standard InChI is InChI=1S/C17H26N2O2/c1-4-8-19(11-15-7-9-21-12-15)17(20)18-16-10-13(2)5-6-14(16)3/h5-6,10,15H,4,7-9,11-12H2,1-3H3,(H,18,20). The molecule has 2 rings (SSSR count). The van der Waals surface area contributed by atoms with E-state index in [4.69, 9.17) is 4.74 Å². The Kier molecular flexibility index (Phi) is 5.62. The first kappa shape index (κ1) is 15.8.